The minimum atomic E-state index is -8.89. The minimum Gasteiger partial charge on any atom is -0.415 e. The second-order valence-electron chi connectivity index (χ2n) is 5.32. The average Bonchev–Trinajstić information content (AvgIpc) is 2.41. The maximum atomic E-state index is 13.6. The summed E-state index contributed by atoms with van der Waals surface area (Å²) in [7, 11) is -17.4. The molecule has 0 aliphatic rings. The van der Waals surface area contributed by atoms with Gasteiger partial charge >= 0.3 is 51.9 Å². The molecule has 176 valence electrons. The number of alkyl halides is 16. The first-order valence-corrected chi connectivity index (χ1v) is 10.9. The molecule has 2 unspecified atom stereocenters. The standard InChI is InChI=1S/C9H8F16O2Si2/c1-3-26-29(9(23,24)25,7(18,19)5(13,14)15)27-28(2,8(20,21)22)6(16,17)4(10,11)12/h3H2,1-2H3. The first-order valence-electron chi connectivity index (χ1n) is 6.63. The maximum absolute atomic E-state index is 13.6. The predicted octanol–water partition coefficient (Wildman–Crippen LogP) is 5.73. The van der Waals surface area contributed by atoms with Gasteiger partial charge in [0.25, 0.3) is 0 Å². The van der Waals surface area contributed by atoms with E-state index in [1.807, 2.05) is 0 Å². The first-order chi connectivity index (χ1) is 12.3. The highest BCUT2D eigenvalue weighted by Gasteiger charge is 2.92. The highest BCUT2D eigenvalue weighted by atomic mass is 28.4. The van der Waals surface area contributed by atoms with Crippen LogP contribution in [0.25, 0.3) is 0 Å². The third-order valence-electron chi connectivity index (χ3n) is 3.33. The van der Waals surface area contributed by atoms with E-state index in [4.69, 9.17) is 0 Å². The lowest BCUT2D eigenvalue weighted by molar-refractivity contribution is -0.276. The lowest BCUT2D eigenvalue weighted by atomic mass is 10.7. The molecule has 0 radical (unpaired) electrons. The van der Waals surface area contributed by atoms with Crippen molar-refractivity contribution in [2.24, 2.45) is 0 Å². The Kier molecular flexibility index (Phi) is 7.23. The Hall–Kier alpha value is -0.766. The number of halogens is 16. The zero-order chi connectivity index (χ0) is 24.1. The summed E-state index contributed by atoms with van der Waals surface area (Å²) in [6, 6.07) is 0. The van der Waals surface area contributed by atoms with E-state index in [0.29, 0.717) is 0 Å². The van der Waals surface area contributed by atoms with Gasteiger partial charge in [-0.1, -0.05) is 0 Å². The van der Waals surface area contributed by atoms with Gasteiger partial charge in [-0.25, -0.2) is 0 Å². The van der Waals surface area contributed by atoms with Crippen LogP contribution in [0, 0.1) is 0 Å². The van der Waals surface area contributed by atoms with Gasteiger partial charge < -0.3 is 8.54 Å². The molecule has 29 heavy (non-hydrogen) atoms. The number of rotatable bonds is 6. The fourth-order valence-electron chi connectivity index (χ4n) is 1.75. The van der Waals surface area contributed by atoms with Gasteiger partial charge in [0.2, 0.25) is 0 Å². The van der Waals surface area contributed by atoms with Crippen molar-refractivity contribution in [1.29, 1.82) is 0 Å². The Labute approximate surface area is 152 Å². The van der Waals surface area contributed by atoms with E-state index in [9.17, 15) is 70.2 Å². The van der Waals surface area contributed by atoms with E-state index in [-0.39, 0.29) is 6.92 Å². The van der Waals surface area contributed by atoms with E-state index in [0.717, 1.165) is 0 Å². The van der Waals surface area contributed by atoms with Crippen molar-refractivity contribution in [1.82, 2.24) is 0 Å². The summed E-state index contributed by atoms with van der Waals surface area (Å²) >= 11 is 0. The molecule has 0 aliphatic carbocycles. The second kappa shape index (κ2) is 7.43. The van der Waals surface area contributed by atoms with Gasteiger partial charge in [-0.15, -0.1) is 0 Å². The van der Waals surface area contributed by atoms with Gasteiger partial charge in [-0.3, -0.25) is 0 Å². The summed E-state index contributed by atoms with van der Waals surface area (Å²) in [5.41, 5.74) is -14.7. The van der Waals surface area contributed by atoms with Crippen molar-refractivity contribution in [2.75, 3.05) is 6.61 Å². The second-order valence-corrected chi connectivity index (χ2v) is 12.1. The Morgan fingerprint density at radius 3 is 1.14 bits per heavy atom. The van der Waals surface area contributed by atoms with Gasteiger partial charge in [0.1, 0.15) is 0 Å². The normalized spacial score (nSPS) is 19.7. The molecule has 0 aromatic rings. The summed E-state index contributed by atoms with van der Waals surface area (Å²) in [6.45, 7) is -2.95. The Morgan fingerprint density at radius 1 is 0.586 bits per heavy atom. The van der Waals surface area contributed by atoms with Crippen molar-refractivity contribution in [3.63, 3.8) is 0 Å². The predicted molar refractivity (Wildman–Crippen MR) is 64.2 cm³/mol. The zero-order valence-corrected chi connectivity index (χ0v) is 15.6. The third-order valence-corrected chi connectivity index (χ3v) is 11.2. The van der Waals surface area contributed by atoms with Crippen LogP contribution in [-0.4, -0.2) is 58.5 Å². The molecule has 0 bridgehead atoms. The molecule has 0 fully saturated rings. The Bertz CT molecular complexity index is 577. The van der Waals surface area contributed by atoms with Gasteiger partial charge in [0.05, 0.1) is 0 Å². The minimum absolute atomic E-state index is 0.248. The van der Waals surface area contributed by atoms with Gasteiger partial charge in [-0.05, 0) is 13.5 Å². The third kappa shape index (κ3) is 4.34. The average molecular weight is 508 g/mol. The van der Waals surface area contributed by atoms with Gasteiger partial charge in [0, 0.05) is 6.61 Å². The molecule has 20 heteroatoms. The van der Waals surface area contributed by atoms with Crippen molar-refractivity contribution in [3.8, 4) is 0 Å². The number of hydrogen-bond donors (Lipinski definition) is 0. The zero-order valence-electron chi connectivity index (χ0n) is 13.6. The first kappa shape index (κ1) is 28.2. The molecular formula is C9H8F16O2Si2. The van der Waals surface area contributed by atoms with E-state index in [1.54, 1.807) is 0 Å². The summed E-state index contributed by atoms with van der Waals surface area (Å²) in [4.78, 5) is 0. The van der Waals surface area contributed by atoms with E-state index >= 15 is 0 Å². The van der Waals surface area contributed by atoms with E-state index in [2.05, 4.69) is 8.54 Å². The SMILES string of the molecule is CCO[Si](O[Si](C)(C(F)(F)F)C(F)(F)C(F)(F)F)(C(F)(F)F)C(F)(F)C(F)(F)F. The summed E-state index contributed by atoms with van der Waals surface area (Å²) < 4.78 is 213. The van der Waals surface area contributed by atoms with Crippen LogP contribution >= 0.6 is 0 Å². The molecular weight excluding hydrogens is 500 g/mol. The highest BCUT2D eigenvalue weighted by Crippen LogP contribution is 2.56. The van der Waals surface area contributed by atoms with Crippen LogP contribution in [0.3, 0.4) is 0 Å². The highest BCUT2D eigenvalue weighted by molar-refractivity contribution is 6.88. The van der Waals surface area contributed by atoms with Crippen LogP contribution in [0.15, 0.2) is 0 Å². The molecule has 0 N–H and O–H groups in total. The molecule has 0 aromatic carbocycles. The van der Waals surface area contributed by atoms with Crippen LogP contribution in [0.4, 0.5) is 70.2 Å². The van der Waals surface area contributed by atoms with Crippen molar-refractivity contribution < 1.29 is 78.8 Å². The van der Waals surface area contributed by atoms with E-state index < -0.39 is 65.1 Å². The lowest BCUT2D eigenvalue weighted by Crippen LogP contribution is -2.81. The van der Waals surface area contributed by atoms with Crippen molar-refractivity contribution in [2.45, 2.75) is 48.5 Å². The summed E-state index contributed by atoms with van der Waals surface area (Å²) in [6.07, 6.45) is -14.7. The van der Waals surface area contributed by atoms with Gasteiger partial charge in [-0.2, -0.15) is 70.2 Å². The van der Waals surface area contributed by atoms with Gasteiger partial charge in [0.15, 0.2) is 0 Å². The summed E-state index contributed by atoms with van der Waals surface area (Å²) in [5, 5.41) is 0. The quantitative estimate of drug-likeness (QED) is 0.337. The van der Waals surface area contributed by atoms with Crippen LogP contribution in [0.1, 0.15) is 6.92 Å². The Balaban J connectivity index is 7.25. The number of hydrogen-bond acceptors (Lipinski definition) is 2. The lowest BCUT2D eigenvalue weighted by Gasteiger charge is -2.45. The van der Waals surface area contributed by atoms with Crippen molar-refractivity contribution in [3.05, 3.63) is 0 Å². The Morgan fingerprint density at radius 2 is 0.931 bits per heavy atom. The smallest absolute Gasteiger partial charge is 0.415 e. The largest absolute Gasteiger partial charge is 0.532 e. The fourth-order valence-corrected chi connectivity index (χ4v) is 8.61. The molecule has 0 saturated carbocycles. The molecule has 0 aliphatic heterocycles. The molecule has 2 atom stereocenters. The monoisotopic (exact) mass is 508 g/mol. The van der Waals surface area contributed by atoms with E-state index in [1.165, 1.54) is 0 Å². The maximum Gasteiger partial charge on any atom is 0.532 e. The van der Waals surface area contributed by atoms with Crippen LogP contribution in [0.2, 0.25) is 6.55 Å². The van der Waals surface area contributed by atoms with Crippen LogP contribution in [0.5, 0.6) is 0 Å². The van der Waals surface area contributed by atoms with Crippen LogP contribution < -0.4 is 0 Å². The topological polar surface area (TPSA) is 18.5 Å². The fraction of sp³-hybridized carbons (Fsp3) is 1.00. The molecule has 2 nitrogen and oxygen atoms in total. The molecule has 0 aromatic heterocycles. The molecule has 0 rings (SSSR count). The van der Waals surface area contributed by atoms with Crippen molar-refractivity contribution >= 4 is 16.9 Å². The molecule has 0 saturated heterocycles. The molecule has 0 spiro atoms. The molecule has 0 heterocycles. The summed E-state index contributed by atoms with van der Waals surface area (Å²) in [5.74, 6) is -14.3. The van der Waals surface area contributed by atoms with Crippen LogP contribution in [-0.2, 0) is 8.54 Å². The molecule has 0 amide bonds.